The fourth-order valence-electron chi connectivity index (χ4n) is 2.85. The first kappa shape index (κ1) is 17.3. The second kappa shape index (κ2) is 8.50. The van der Waals surface area contributed by atoms with Crippen LogP contribution in [0, 0.1) is 5.82 Å². The molecule has 0 saturated heterocycles. The Morgan fingerprint density at radius 3 is 2.44 bits per heavy atom. The summed E-state index contributed by atoms with van der Waals surface area (Å²) in [5.74, 6) is -0.315. The number of aromatic nitrogens is 3. The summed E-state index contributed by atoms with van der Waals surface area (Å²) in [7, 11) is 1.58. The van der Waals surface area contributed by atoms with Crippen molar-refractivity contribution in [2.45, 2.75) is 18.6 Å². The number of methoxy groups -OCH3 is 1. The molecule has 0 radical (unpaired) electrons. The lowest BCUT2D eigenvalue weighted by Gasteiger charge is -2.28. The lowest BCUT2D eigenvalue weighted by Crippen LogP contribution is -2.21. The second-order valence-corrected chi connectivity index (χ2v) is 5.69. The number of hydrogen-bond acceptors (Lipinski definition) is 4. The molecule has 3 aromatic rings. The van der Waals surface area contributed by atoms with Gasteiger partial charge < -0.3 is 9.47 Å². The average Bonchev–Trinajstić information content (AvgIpc) is 3.16. The summed E-state index contributed by atoms with van der Waals surface area (Å²) in [5.41, 5.74) is 1.98. The SMILES string of the molecule is COCO[C@@H](c1ccc(F)cc1)[C@@H](Cn1ccnn1)c1ccccc1. The Morgan fingerprint density at radius 1 is 1.04 bits per heavy atom. The molecular formula is C19H20FN3O2. The van der Waals surface area contributed by atoms with Crippen LogP contribution in [0.25, 0.3) is 0 Å². The minimum Gasteiger partial charge on any atom is -0.359 e. The predicted molar refractivity (Wildman–Crippen MR) is 91.3 cm³/mol. The van der Waals surface area contributed by atoms with Crippen LogP contribution in [-0.2, 0) is 16.0 Å². The summed E-state index contributed by atoms with van der Waals surface area (Å²) >= 11 is 0. The molecule has 0 fully saturated rings. The van der Waals surface area contributed by atoms with Crippen molar-refractivity contribution in [3.63, 3.8) is 0 Å². The van der Waals surface area contributed by atoms with E-state index in [4.69, 9.17) is 9.47 Å². The molecule has 0 unspecified atom stereocenters. The number of nitrogens with zero attached hydrogens (tertiary/aromatic N) is 3. The van der Waals surface area contributed by atoms with E-state index in [1.807, 2.05) is 36.5 Å². The first-order valence-electron chi connectivity index (χ1n) is 8.03. The third kappa shape index (κ3) is 4.49. The van der Waals surface area contributed by atoms with Gasteiger partial charge in [0, 0.05) is 19.2 Å². The van der Waals surface area contributed by atoms with Crippen LogP contribution in [0.1, 0.15) is 23.1 Å². The zero-order valence-corrected chi connectivity index (χ0v) is 14.0. The maximum absolute atomic E-state index is 13.3. The number of rotatable bonds is 8. The Labute approximate surface area is 146 Å². The number of hydrogen-bond donors (Lipinski definition) is 0. The molecule has 130 valence electrons. The summed E-state index contributed by atoms with van der Waals surface area (Å²) in [4.78, 5) is 0. The summed E-state index contributed by atoms with van der Waals surface area (Å²) in [6.45, 7) is 0.721. The van der Waals surface area contributed by atoms with E-state index in [2.05, 4.69) is 10.3 Å². The highest BCUT2D eigenvalue weighted by molar-refractivity contribution is 5.27. The Kier molecular flexibility index (Phi) is 5.87. The van der Waals surface area contributed by atoms with E-state index in [1.165, 1.54) is 12.1 Å². The molecule has 0 aliphatic heterocycles. The van der Waals surface area contributed by atoms with Crippen molar-refractivity contribution in [3.8, 4) is 0 Å². The quantitative estimate of drug-likeness (QED) is 0.588. The third-order valence-corrected chi connectivity index (χ3v) is 4.01. The van der Waals surface area contributed by atoms with Gasteiger partial charge in [0.25, 0.3) is 0 Å². The van der Waals surface area contributed by atoms with Crippen molar-refractivity contribution >= 4 is 0 Å². The highest BCUT2D eigenvalue weighted by Gasteiger charge is 2.26. The molecule has 0 saturated carbocycles. The molecule has 0 bridgehead atoms. The molecule has 2 atom stereocenters. The Hall–Kier alpha value is -2.57. The minimum atomic E-state index is -0.313. The third-order valence-electron chi connectivity index (χ3n) is 4.01. The van der Waals surface area contributed by atoms with Crippen molar-refractivity contribution in [2.75, 3.05) is 13.9 Å². The molecule has 0 N–H and O–H groups in total. The minimum absolute atomic E-state index is 0.0384. The van der Waals surface area contributed by atoms with Crippen molar-refractivity contribution in [3.05, 3.63) is 83.9 Å². The van der Waals surface area contributed by atoms with Gasteiger partial charge in [-0.15, -0.1) is 5.10 Å². The van der Waals surface area contributed by atoms with Gasteiger partial charge >= 0.3 is 0 Å². The van der Waals surface area contributed by atoms with Crippen molar-refractivity contribution in [2.24, 2.45) is 0 Å². The van der Waals surface area contributed by atoms with Crippen LogP contribution in [0.5, 0.6) is 0 Å². The number of benzene rings is 2. The first-order chi connectivity index (χ1) is 12.3. The van der Waals surface area contributed by atoms with Crippen LogP contribution in [0.2, 0.25) is 0 Å². The molecule has 5 nitrogen and oxygen atoms in total. The largest absolute Gasteiger partial charge is 0.359 e. The number of halogens is 1. The topological polar surface area (TPSA) is 49.2 Å². The standard InChI is InChI=1S/C19H20FN3O2/c1-24-14-25-19(16-7-9-17(20)10-8-16)18(13-23-12-11-21-22-23)15-5-3-2-4-6-15/h2-12,18-19H,13-14H2,1H3/t18-,19-/m0/s1. The van der Waals surface area contributed by atoms with E-state index in [-0.39, 0.29) is 24.6 Å². The van der Waals surface area contributed by atoms with Gasteiger partial charge in [0.05, 0.1) is 18.8 Å². The highest BCUT2D eigenvalue weighted by Crippen LogP contribution is 2.35. The monoisotopic (exact) mass is 341 g/mol. The summed E-state index contributed by atoms with van der Waals surface area (Å²) in [5, 5.41) is 7.94. The smallest absolute Gasteiger partial charge is 0.147 e. The Morgan fingerprint density at radius 2 is 1.80 bits per heavy atom. The van der Waals surface area contributed by atoms with Crippen molar-refractivity contribution in [1.29, 1.82) is 0 Å². The molecule has 25 heavy (non-hydrogen) atoms. The fraction of sp³-hybridized carbons (Fsp3) is 0.263. The molecule has 2 aromatic carbocycles. The van der Waals surface area contributed by atoms with Crippen LogP contribution in [0.15, 0.2) is 67.0 Å². The molecule has 1 heterocycles. The lowest BCUT2D eigenvalue weighted by atomic mass is 9.89. The molecule has 0 aliphatic carbocycles. The summed E-state index contributed by atoms with van der Waals surface area (Å²) < 4.78 is 26.2. The molecule has 0 aliphatic rings. The van der Waals surface area contributed by atoms with Crippen LogP contribution < -0.4 is 0 Å². The van der Waals surface area contributed by atoms with Gasteiger partial charge in [-0.25, -0.2) is 4.39 Å². The lowest BCUT2D eigenvalue weighted by molar-refractivity contribution is -0.0844. The predicted octanol–water partition coefficient (Wildman–Crippen LogP) is 3.56. The van der Waals surface area contributed by atoms with E-state index in [0.29, 0.717) is 6.54 Å². The Bertz CT molecular complexity index is 748. The molecule has 3 rings (SSSR count). The first-order valence-corrected chi connectivity index (χ1v) is 8.03. The van der Waals surface area contributed by atoms with Gasteiger partial charge in [0.15, 0.2) is 0 Å². The van der Waals surface area contributed by atoms with Gasteiger partial charge in [0.1, 0.15) is 12.6 Å². The van der Waals surface area contributed by atoms with Crippen LogP contribution >= 0.6 is 0 Å². The van der Waals surface area contributed by atoms with E-state index < -0.39 is 0 Å². The maximum atomic E-state index is 13.3. The highest BCUT2D eigenvalue weighted by atomic mass is 19.1. The van der Waals surface area contributed by atoms with Crippen LogP contribution in [-0.4, -0.2) is 28.9 Å². The summed E-state index contributed by atoms with van der Waals surface area (Å²) in [6, 6.07) is 16.4. The molecule has 0 spiro atoms. The van der Waals surface area contributed by atoms with Gasteiger partial charge in [-0.2, -0.15) is 0 Å². The van der Waals surface area contributed by atoms with Crippen LogP contribution in [0.3, 0.4) is 0 Å². The van der Waals surface area contributed by atoms with Gasteiger partial charge in [-0.05, 0) is 23.3 Å². The molecular weight excluding hydrogens is 321 g/mol. The maximum Gasteiger partial charge on any atom is 0.147 e. The molecule has 0 amide bonds. The van der Waals surface area contributed by atoms with E-state index >= 15 is 0 Å². The fourth-order valence-corrected chi connectivity index (χ4v) is 2.85. The van der Waals surface area contributed by atoms with E-state index in [9.17, 15) is 4.39 Å². The van der Waals surface area contributed by atoms with Gasteiger partial charge in [0.2, 0.25) is 0 Å². The molecule has 6 heteroatoms. The molecule has 1 aromatic heterocycles. The van der Waals surface area contributed by atoms with Crippen molar-refractivity contribution < 1.29 is 13.9 Å². The van der Waals surface area contributed by atoms with E-state index in [0.717, 1.165) is 11.1 Å². The second-order valence-electron chi connectivity index (χ2n) is 5.69. The van der Waals surface area contributed by atoms with Gasteiger partial charge in [-0.3, -0.25) is 4.68 Å². The Balaban J connectivity index is 1.97. The van der Waals surface area contributed by atoms with Crippen molar-refractivity contribution in [1.82, 2.24) is 15.0 Å². The van der Waals surface area contributed by atoms with Gasteiger partial charge in [-0.1, -0.05) is 47.7 Å². The zero-order chi connectivity index (χ0) is 17.5. The zero-order valence-electron chi connectivity index (χ0n) is 14.0. The summed E-state index contributed by atoms with van der Waals surface area (Å²) in [6.07, 6.45) is 3.14. The van der Waals surface area contributed by atoms with Crippen LogP contribution in [0.4, 0.5) is 4.39 Å². The number of ether oxygens (including phenoxy) is 2. The average molecular weight is 341 g/mol. The normalized spacial score (nSPS) is 13.5. The van der Waals surface area contributed by atoms with E-state index in [1.54, 1.807) is 30.1 Å².